The fraction of sp³-hybridized carbons (Fsp3) is 0.960. The Morgan fingerprint density at radius 1 is 0.639 bits per heavy atom. The van der Waals surface area contributed by atoms with E-state index in [1.54, 1.807) is 0 Å². The minimum atomic E-state index is -3.05. The monoisotopic (exact) mass is 550 g/mol. The fourth-order valence-electron chi connectivity index (χ4n) is 5.49. The largest absolute Gasteiger partial charge is 0.304 e. The number of carbonyl (C=O) groups is 1. The van der Waals surface area contributed by atoms with Gasteiger partial charge in [-0.2, -0.15) is 0 Å². The topological polar surface area (TPSA) is 98.3 Å². The van der Waals surface area contributed by atoms with E-state index >= 15 is 0 Å². The van der Waals surface area contributed by atoms with Gasteiger partial charge >= 0.3 is 0 Å². The van der Waals surface area contributed by atoms with Crippen LogP contribution in [0.25, 0.3) is 0 Å². The molecule has 2 rings (SSSR count). The third-order valence-corrected chi connectivity index (χ3v) is 11.3. The maximum Gasteiger partial charge on any atom is 0.160 e. The highest BCUT2D eigenvalue weighted by Gasteiger charge is 2.35. The number of nitrogens with zero attached hydrogens (tertiary/aromatic N) is 4. The van der Waals surface area contributed by atoms with Crippen molar-refractivity contribution in [3.8, 4) is 0 Å². The Bertz CT molecular complexity index is 803. The highest BCUT2D eigenvalue weighted by Crippen LogP contribution is 2.20. The van der Waals surface area contributed by atoms with E-state index in [1.165, 1.54) is 0 Å². The smallest absolute Gasteiger partial charge is 0.160 e. The van der Waals surface area contributed by atoms with Gasteiger partial charge in [0.1, 0.15) is 0 Å². The van der Waals surface area contributed by atoms with Crippen molar-refractivity contribution in [2.75, 3.05) is 88.5 Å². The molecule has 0 spiro atoms. The number of ketones is 1. The van der Waals surface area contributed by atoms with Crippen molar-refractivity contribution >= 4 is 25.5 Å². The molecule has 2 aliphatic rings. The molecule has 2 aliphatic heterocycles. The van der Waals surface area contributed by atoms with Gasteiger partial charge in [0, 0.05) is 25.2 Å². The molecule has 0 aromatic carbocycles. The molecule has 0 radical (unpaired) electrons. The van der Waals surface area contributed by atoms with Crippen molar-refractivity contribution in [1.82, 2.24) is 19.6 Å². The van der Waals surface area contributed by atoms with Gasteiger partial charge in [-0.1, -0.05) is 27.7 Å². The maximum atomic E-state index is 13.3. The van der Waals surface area contributed by atoms with E-state index in [2.05, 4.69) is 47.3 Å². The van der Waals surface area contributed by atoms with Gasteiger partial charge in [-0.3, -0.25) is 14.6 Å². The molecule has 0 aromatic rings. The van der Waals surface area contributed by atoms with Gasteiger partial charge in [0.05, 0.1) is 36.1 Å². The first kappa shape index (κ1) is 31.6. The minimum absolute atomic E-state index is 0.0503. The van der Waals surface area contributed by atoms with Gasteiger partial charge in [-0.15, -0.1) is 0 Å². The van der Waals surface area contributed by atoms with E-state index in [4.69, 9.17) is 0 Å². The molecule has 0 bridgehead atoms. The summed E-state index contributed by atoms with van der Waals surface area (Å²) < 4.78 is 48.6. The lowest BCUT2D eigenvalue weighted by Crippen LogP contribution is -2.47. The minimum Gasteiger partial charge on any atom is -0.304 e. The molecule has 11 heteroatoms. The summed E-state index contributed by atoms with van der Waals surface area (Å²) in [6.07, 6.45) is 2.94. The second-order valence-electron chi connectivity index (χ2n) is 10.4. The zero-order chi connectivity index (χ0) is 26.8. The van der Waals surface area contributed by atoms with E-state index in [-0.39, 0.29) is 54.0 Å². The molecule has 2 saturated heterocycles. The van der Waals surface area contributed by atoms with Crippen LogP contribution in [-0.2, 0) is 24.5 Å². The van der Waals surface area contributed by atoms with Crippen molar-refractivity contribution in [3.05, 3.63) is 0 Å². The van der Waals surface area contributed by atoms with Crippen molar-refractivity contribution in [3.63, 3.8) is 0 Å². The highest BCUT2D eigenvalue weighted by molar-refractivity contribution is 7.91. The molecule has 2 atom stereocenters. The third kappa shape index (κ3) is 10.6. The van der Waals surface area contributed by atoms with Crippen LogP contribution in [0.3, 0.4) is 0 Å². The van der Waals surface area contributed by atoms with E-state index < -0.39 is 19.7 Å². The second kappa shape index (κ2) is 15.1. The molecule has 0 aliphatic carbocycles. The highest BCUT2D eigenvalue weighted by atomic mass is 32.2. The van der Waals surface area contributed by atoms with Gasteiger partial charge in [-0.25, -0.2) is 16.8 Å². The fourth-order valence-corrected chi connectivity index (χ4v) is 9.01. The number of rotatable bonds is 18. The number of hydrogen-bond donors (Lipinski definition) is 0. The second-order valence-corrected chi connectivity index (χ2v) is 14.8. The molecule has 0 saturated carbocycles. The van der Waals surface area contributed by atoms with Gasteiger partial charge in [0.25, 0.3) is 0 Å². The molecule has 0 N–H and O–H groups in total. The predicted molar refractivity (Wildman–Crippen MR) is 147 cm³/mol. The molecule has 0 amide bonds. The van der Waals surface area contributed by atoms with Crippen LogP contribution in [-0.4, -0.2) is 143 Å². The normalized spacial score (nSPS) is 23.4. The van der Waals surface area contributed by atoms with Gasteiger partial charge in [-0.05, 0) is 65.0 Å². The summed E-state index contributed by atoms with van der Waals surface area (Å²) in [5, 5.41) is 0. The summed E-state index contributed by atoms with van der Waals surface area (Å²) >= 11 is 0. The van der Waals surface area contributed by atoms with E-state index in [0.717, 1.165) is 52.1 Å². The first-order valence-corrected chi connectivity index (χ1v) is 17.5. The van der Waals surface area contributed by atoms with E-state index in [9.17, 15) is 21.6 Å². The molecular weight excluding hydrogens is 500 g/mol. The Kier molecular flexibility index (Phi) is 13.3. The average molecular weight is 551 g/mol. The Labute approximate surface area is 220 Å². The van der Waals surface area contributed by atoms with Crippen molar-refractivity contribution in [2.45, 2.75) is 65.5 Å². The van der Waals surface area contributed by atoms with Crippen LogP contribution < -0.4 is 0 Å². The van der Waals surface area contributed by atoms with Gasteiger partial charge < -0.3 is 9.80 Å². The summed E-state index contributed by atoms with van der Waals surface area (Å²) in [5.41, 5.74) is 0. The van der Waals surface area contributed by atoms with E-state index in [0.29, 0.717) is 25.9 Å². The molecule has 36 heavy (non-hydrogen) atoms. The molecular formula is C25H50N4O5S2. The van der Waals surface area contributed by atoms with Crippen molar-refractivity contribution < 1.29 is 21.6 Å². The first-order valence-electron chi connectivity index (χ1n) is 13.9. The predicted octanol–water partition coefficient (Wildman–Crippen LogP) is 0.998. The molecule has 212 valence electrons. The van der Waals surface area contributed by atoms with Gasteiger partial charge in [0.2, 0.25) is 0 Å². The Hall–Kier alpha value is -0.590. The average Bonchev–Trinajstić information content (AvgIpc) is 3.38. The Balaban J connectivity index is 2.03. The van der Waals surface area contributed by atoms with Crippen molar-refractivity contribution in [2.24, 2.45) is 0 Å². The van der Waals surface area contributed by atoms with Crippen LogP contribution in [0.5, 0.6) is 0 Å². The summed E-state index contributed by atoms with van der Waals surface area (Å²) in [4.78, 5) is 22.1. The van der Waals surface area contributed by atoms with E-state index in [1.807, 2.05) is 0 Å². The third-order valence-electron chi connectivity index (χ3n) is 7.84. The Morgan fingerprint density at radius 2 is 1.00 bits per heavy atom. The summed E-state index contributed by atoms with van der Waals surface area (Å²) in [5.74, 6) is 0.681. The molecule has 9 nitrogen and oxygen atoms in total. The lowest BCUT2D eigenvalue weighted by Gasteiger charge is -2.32. The SMILES string of the molecule is CCN(CC)CCCN(CC(=O)CN(CCCN(CC)CC)[C@H]1CCS(=O)(=O)C1)[C@@H]1CCS(=O)(=O)C1. The van der Waals surface area contributed by atoms with Crippen LogP contribution >= 0.6 is 0 Å². The van der Waals surface area contributed by atoms with Crippen LogP contribution in [0.15, 0.2) is 0 Å². The standard InChI is InChI=1S/C25H50N4O5S2/c1-5-26(6-2)13-9-15-28(23-11-17-35(31,32)21-23)19-25(30)20-29(16-10-14-27(7-3)8-4)24-12-18-36(33,34)22-24/h23-24H,5-22H2,1-4H3/t23-,24+. The first-order chi connectivity index (χ1) is 17.0. The quantitative estimate of drug-likeness (QED) is 0.247. The summed E-state index contributed by atoms with van der Waals surface area (Å²) in [6.45, 7) is 16.1. The molecule has 0 aromatic heterocycles. The maximum absolute atomic E-state index is 13.3. The van der Waals surface area contributed by atoms with Crippen LogP contribution in [0.2, 0.25) is 0 Å². The zero-order valence-corrected chi connectivity index (χ0v) is 24.7. The Morgan fingerprint density at radius 3 is 1.28 bits per heavy atom. The van der Waals surface area contributed by atoms with Crippen LogP contribution in [0, 0.1) is 0 Å². The molecule has 2 fully saturated rings. The lowest BCUT2D eigenvalue weighted by molar-refractivity contribution is -0.122. The molecule has 2 heterocycles. The number of Topliss-reactive ketones (excluding diaryl/α,β-unsaturated/α-hetero) is 1. The summed E-state index contributed by atoms with van der Waals surface area (Å²) in [6, 6.07) is -0.225. The van der Waals surface area contributed by atoms with Crippen molar-refractivity contribution in [1.29, 1.82) is 0 Å². The number of carbonyl (C=O) groups excluding carboxylic acids is 1. The van der Waals surface area contributed by atoms with Crippen LogP contribution in [0.1, 0.15) is 53.4 Å². The summed E-state index contributed by atoms with van der Waals surface area (Å²) in [7, 11) is -6.09. The zero-order valence-electron chi connectivity index (χ0n) is 23.0. The molecule has 0 unspecified atom stereocenters. The lowest BCUT2D eigenvalue weighted by atomic mass is 10.1. The number of hydrogen-bond acceptors (Lipinski definition) is 9. The van der Waals surface area contributed by atoms with Gasteiger partial charge in [0.15, 0.2) is 25.5 Å². The number of sulfone groups is 2. The van der Waals surface area contributed by atoms with Crippen LogP contribution in [0.4, 0.5) is 0 Å².